The molecule has 140 valence electrons. The zero-order valence-corrected chi connectivity index (χ0v) is 15.7. The van der Waals surface area contributed by atoms with Gasteiger partial charge in [0, 0.05) is 48.6 Å². The Morgan fingerprint density at radius 2 is 2.07 bits per heavy atom. The van der Waals surface area contributed by atoms with Crippen LogP contribution in [0.2, 0.25) is 0 Å². The van der Waals surface area contributed by atoms with E-state index in [1.807, 2.05) is 36.7 Å². The van der Waals surface area contributed by atoms with Gasteiger partial charge in [-0.15, -0.1) is 0 Å². The quantitative estimate of drug-likeness (QED) is 0.645. The number of fused-ring (bicyclic) bond motifs is 1. The molecule has 0 fully saturated rings. The minimum absolute atomic E-state index is 0.147. The third-order valence-electron chi connectivity index (χ3n) is 5.15. The Kier molecular flexibility index (Phi) is 4.77. The highest BCUT2D eigenvalue weighted by Crippen LogP contribution is 2.17. The normalized spacial score (nSPS) is 13.4. The van der Waals surface area contributed by atoms with Crippen LogP contribution in [0.3, 0.4) is 0 Å². The van der Waals surface area contributed by atoms with E-state index < -0.39 is 0 Å². The zero-order chi connectivity index (χ0) is 18.8. The molecule has 0 spiro atoms. The number of hydrogen-bond acceptors (Lipinski definition) is 4. The summed E-state index contributed by atoms with van der Waals surface area (Å²) in [6.07, 6.45) is 0.875. The SMILES string of the molecule is Cc1nn(Cc2ccccc2)c(C)c1CNC(=O)c1n[nH]c2c1CNCC2. The van der Waals surface area contributed by atoms with Crippen LogP contribution in [0.5, 0.6) is 0 Å². The molecular weight excluding hydrogens is 340 g/mol. The highest BCUT2D eigenvalue weighted by Gasteiger charge is 2.22. The van der Waals surface area contributed by atoms with Crippen LogP contribution in [0.25, 0.3) is 0 Å². The lowest BCUT2D eigenvalue weighted by Crippen LogP contribution is -2.28. The van der Waals surface area contributed by atoms with Crippen LogP contribution < -0.4 is 10.6 Å². The first kappa shape index (κ1) is 17.5. The van der Waals surface area contributed by atoms with Gasteiger partial charge in [-0.3, -0.25) is 14.6 Å². The van der Waals surface area contributed by atoms with Crippen molar-refractivity contribution in [3.8, 4) is 0 Å². The van der Waals surface area contributed by atoms with Crippen molar-refractivity contribution in [2.24, 2.45) is 0 Å². The molecule has 0 unspecified atom stereocenters. The summed E-state index contributed by atoms with van der Waals surface area (Å²) in [5.74, 6) is -0.147. The molecule has 0 saturated carbocycles. The number of nitrogens with one attached hydrogen (secondary N) is 3. The average molecular weight is 364 g/mol. The number of aryl methyl sites for hydroxylation is 1. The zero-order valence-electron chi connectivity index (χ0n) is 15.7. The van der Waals surface area contributed by atoms with E-state index in [1.54, 1.807) is 0 Å². The van der Waals surface area contributed by atoms with Gasteiger partial charge in [-0.25, -0.2) is 0 Å². The van der Waals surface area contributed by atoms with E-state index in [2.05, 4.69) is 38.1 Å². The average Bonchev–Trinajstić information content (AvgIpc) is 3.22. The van der Waals surface area contributed by atoms with Crippen LogP contribution in [-0.2, 0) is 26.1 Å². The number of H-pyrrole nitrogens is 1. The fraction of sp³-hybridized carbons (Fsp3) is 0.350. The van der Waals surface area contributed by atoms with E-state index in [-0.39, 0.29) is 5.91 Å². The largest absolute Gasteiger partial charge is 0.346 e. The van der Waals surface area contributed by atoms with Crippen LogP contribution in [0.1, 0.15) is 44.3 Å². The monoisotopic (exact) mass is 364 g/mol. The Bertz CT molecular complexity index is 957. The number of benzene rings is 1. The van der Waals surface area contributed by atoms with Gasteiger partial charge in [0.15, 0.2) is 5.69 Å². The third kappa shape index (κ3) is 3.50. The summed E-state index contributed by atoms with van der Waals surface area (Å²) >= 11 is 0. The van der Waals surface area contributed by atoms with Crippen LogP contribution in [0.4, 0.5) is 0 Å². The number of rotatable bonds is 5. The summed E-state index contributed by atoms with van der Waals surface area (Å²) in [6.45, 7) is 6.79. The number of aromatic amines is 1. The third-order valence-corrected chi connectivity index (χ3v) is 5.15. The molecule has 27 heavy (non-hydrogen) atoms. The fourth-order valence-electron chi connectivity index (χ4n) is 3.57. The van der Waals surface area contributed by atoms with Crippen molar-refractivity contribution < 1.29 is 4.79 Å². The molecule has 0 saturated heterocycles. The standard InChI is InChI=1S/C20H24N6O/c1-13-16(14(2)26(25-13)12-15-6-4-3-5-7-15)11-22-20(27)19-17-10-21-9-8-18(17)23-24-19/h3-7,21H,8-12H2,1-2H3,(H,22,27)(H,23,24). The lowest BCUT2D eigenvalue weighted by atomic mass is 10.1. The van der Waals surface area contributed by atoms with E-state index in [4.69, 9.17) is 0 Å². The maximum absolute atomic E-state index is 12.6. The first-order valence-corrected chi connectivity index (χ1v) is 9.25. The van der Waals surface area contributed by atoms with E-state index in [0.29, 0.717) is 18.8 Å². The number of carbonyl (C=O) groups is 1. The van der Waals surface area contributed by atoms with Crippen molar-refractivity contribution >= 4 is 5.91 Å². The molecule has 0 radical (unpaired) electrons. The molecule has 0 atom stereocenters. The molecule has 3 N–H and O–H groups in total. The molecular formula is C20H24N6O. The molecule has 1 aromatic carbocycles. The highest BCUT2D eigenvalue weighted by molar-refractivity contribution is 5.94. The second-order valence-corrected chi connectivity index (χ2v) is 6.93. The van der Waals surface area contributed by atoms with E-state index in [1.165, 1.54) is 5.56 Å². The number of carbonyl (C=O) groups excluding carboxylic acids is 1. The van der Waals surface area contributed by atoms with E-state index in [9.17, 15) is 4.79 Å². The minimum atomic E-state index is -0.147. The lowest BCUT2D eigenvalue weighted by Gasteiger charge is -2.13. The van der Waals surface area contributed by atoms with Gasteiger partial charge < -0.3 is 10.6 Å². The smallest absolute Gasteiger partial charge is 0.272 e. The Morgan fingerprint density at radius 1 is 1.26 bits per heavy atom. The predicted octanol–water partition coefficient (Wildman–Crippen LogP) is 1.85. The highest BCUT2D eigenvalue weighted by atomic mass is 16.1. The second kappa shape index (κ2) is 7.36. The van der Waals surface area contributed by atoms with Crippen molar-refractivity contribution in [2.75, 3.05) is 6.54 Å². The Balaban J connectivity index is 1.47. The first-order valence-electron chi connectivity index (χ1n) is 9.25. The summed E-state index contributed by atoms with van der Waals surface area (Å²) < 4.78 is 1.99. The van der Waals surface area contributed by atoms with Crippen molar-refractivity contribution in [1.29, 1.82) is 0 Å². The number of hydrogen-bond donors (Lipinski definition) is 3. The van der Waals surface area contributed by atoms with Gasteiger partial charge in [0.2, 0.25) is 0 Å². The molecule has 7 nitrogen and oxygen atoms in total. The van der Waals surface area contributed by atoms with Gasteiger partial charge in [-0.1, -0.05) is 30.3 Å². The number of amides is 1. The van der Waals surface area contributed by atoms with Crippen molar-refractivity contribution in [3.05, 3.63) is 69.8 Å². The number of nitrogens with zero attached hydrogens (tertiary/aromatic N) is 3. The molecule has 1 aliphatic rings. The second-order valence-electron chi connectivity index (χ2n) is 6.93. The Hall–Kier alpha value is -2.93. The molecule has 7 heteroatoms. The molecule has 3 aromatic rings. The van der Waals surface area contributed by atoms with Gasteiger partial charge >= 0.3 is 0 Å². The summed E-state index contributed by atoms with van der Waals surface area (Å²) in [5, 5.41) is 18.2. The summed E-state index contributed by atoms with van der Waals surface area (Å²) in [4.78, 5) is 12.6. The maximum atomic E-state index is 12.6. The van der Waals surface area contributed by atoms with Crippen molar-refractivity contribution in [3.63, 3.8) is 0 Å². The van der Waals surface area contributed by atoms with Crippen molar-refractivity contribution in [1.82, 2.24) is 30.6 Å². The Labute approximate surface area is 158 Å². The molecule has 3 heterocycles. The molecule has 0 aliphatic carbocycles. The molecule has 2 aromatic heterocycles. The van der Waals surface area contributed by atoms with Gasteiger partial charge in [-0.2, -0.15) is 10.2 Å². The Morgan fingerprint density at radius 3 is 2.89 bits per heavy atom. The topological polar surface area (TPSA) is 87.6 Å². The molecule has 1 amide bonds. The van der Waals surface area contributed by atoms with Crippen LogP contribution in [0.15, 0.2) is 30.3 Å². The van der Waals surface area contributed by atoms with E-state index >= 15 is 0 Å². The van der Waals surface area contributed by atoms with Gasteiger partial charge in [0.1, 0.15) is 0 Å². The molecule has 4 rings (SSSR count). The summed E-state index contributed by atoms with van der Waals surface area (Å²) in [6, 6.07) is 10.2. The van der Waals surface area contributed by atoms with Gasteiger partial charge in [0.05, 0.1) is 12.2 Å². The molecule has 1 aliphatic heterocycles. The first-order chi connectivity index (χ1) is 13.1. The van der Waals surface area contributed by atoms with Crippen molar-refractivity contribution in [2.45, 2.75) is 39.9 Å². The predicted molar refractivity (Wildman–Crippen MR) is 102 cm³/mol. The fourth-order valence-corrected chi connectivity index (χ4v) is 3.57. The van der Waals surface area contributed by atoms with Gasteiger partial charge in [-0.05, 0) is 19.4 Å². The number of aromatic nitrogens is 4. The lowest BCUT2D eigenvalue weighted by molar-refractivity contribution is 0.0944. The van der Waals surface area contributed by atoms with Crippen LogP contribution >= 0.6 is 0 Å². The van der Waals surface area contributed by atoms with Crippen LogP contribution in [0, 0.1) is 13.8 Å². The molecule has 0 bridgehead atoms. The van der Waals surface area contributed by atoms with E-state index in [0.717, 1.165) is 47.7 Å². The summed E-state index contributed by atoms with van der Waals surface area (Å²) in [7, 11) is 0. The summed E-state index contributed by atoms with van der Waals surface area (Å²) in [5.41, 5.74) is 6.80. The van der Waals surface area contributed by atoms with Gasteiger partial charge in [0.25, 0.3) is 5.91 Å². The van der Waals surface area contributed by atoms with Crippen LogP contribution in [-0.4, -0.2) is 32.4 Å². The minimum Gasteiger partial charge on any atom is -0.346 e. The maximum Gasteiger partial charge on any atom is 0.272 e.